The molecule has 0 aliphatic carbocycles. The average molecular weight is 280 g/mol. The zero-order valence-electron chi connectivity index (χ0n) is 10.8. The van der Waals surface area contributed by atoms with Gasteiger partial charge in [-0.1, -0.05) is 23.7 Å². The Morgan fingerprint density at radius 2 is 2.00 bits per heavy atom. The lowest BCUT2D eigenvalue weighted by molar-refractivity contribution is 0.622. The summed E-state index contributed by atoms with van der Waals surface area (Å²) >= 11 is 6.11. The molecule has 0 spiro atoms. The van der Waals surface area contributed by atoms with Crippen LogP contribution in [0.1, 0.15) is 5.69 Å². The fraction of sp³-hybridized carbons (Fsp3) is 0.214. The standard InChI is InChI=1S/C14H15ClFN3/c1-17-14-8-7-10(15)12(18-14)9-19(2)13-6-4-3-5-11(13)16/h3-8H,9H2,1-2H3,(H,17,18). The van der Waals surface area contributed by atoms with Gasteiger partial charge in [-0.2, -0.15) is 0 Å². The molecule has 0 saturated carbocycles. The molecule has 0 fully saturated rings. The number of benzene rings is 1. The third kappa shape index (κ3) is 3.15. The monoisotopic (exact) mass is 279 g/mol. The summed E-state index contributed by atoms with van der Waals surface area (Å²) in [5.41, 5.74) is 1.23. The van der Waals surface area contributed by atoms with Gasteiger partial charge in [0, 0.05) is 14.1 Å². The van der Waals surface area contributed by atoms with E-state index in [2.05, 4.69) is 10.3 Å². The zero-order valence-corrected chi connectivity index (χ0v) is 11.6. The quantitative estimate of drug-likeness (QED) is 0.928. The van der Waals surface area contributed by atoms with Crippen molar-refractivity contribution in [2.45, 2.75) is 6.54 Å². The zero-order chi connectivity index (χ0) is 13.8. The number of aromatic nitrogens is 1. The number of nitrogens with zero attached hydrogens (tertiary/aromatic N) is 2. The van der Waals surface area contributed by atoms with Crippen molar-refractivity contribution < 1.29 is 4.39 Å². The Morgan fingerprint density at radius 1 is 1.26 bits per heavy atom. The lowest BCUT2D eigenvalue weighted by atomic mass is 10.2. The molecule has 100 valence electrons. The van der Waals surface area contributed by atoms with Crippen LogP contribution in [0.4, 0.5) is 15.9 Å². The van der Waals surface area contributed by atoms with Crippen LogP contribution in [0.25, 0.3) is 0 Å². The minimum atomic E-state index is -0.258. The SMILES string of the molecule is CNc1ccc(Cl)c(CN(C)c2ccccc2F)n1. The van der Waals surface area contributed by atoms with Gasteiger partial charge < -0.3 is 10.2 Å². The molecule has 0 saturated heterocycles. The molecular weight excluding hydrogens is 265 g/mol. The molecule has 2 aromatic rings. The molecule has 1 aromatic heterocycles. The van der Waals surface area contributed by atoms with Crippen LogP contribution in [0.5, 0.6) is 0 Å². The molecule has 5 heteroatoms. The Hall–Kier alpha value is -1.81. The van der Waals surface area contributed by atoms with Crippen molar-refractivity contribution in [3.63, 3.8) is 0 Å². The average Bonchev–Trinajstić information content (AvgIpc) is 2.41. The molecule has 1 N–H and O–H groups in total. The number of rotatable bonds is 4. The number of hydrogen-bond donors (Lipinski definition) is 1. The van der Waals surface area contributed by atoms with E-state index in [9.17, 15) is 4.39 Å². The van der Waals surface area contributed by atoms with Crippen LogP contribution >= 0.6 is 11.6 Å². The molecule has 2 rings (SSSR count). The van der Waals surface area contributed by atoms with E-state index in [0.29, 0.717) is 22.9 Å². The highest BCUT2D eigenvalue weighted by molar-refractivity contribution is 6.31. The first kappa shape index (κ1) is 13.6. The molecular formula is C14H15ClFN3. The molecule has 3 nitrogen and oxygen atoms in total. The topological polar surface area (TPSA) is 28.2 Å². The first-order valence-corrected chi connectivity index (χ1v) is 6.28. The van der Waals surface area contributed by atoms with Gasteiger partial charge >= 0.3 is 0 Å². The van der Waals surface area contributed by atoms with Crippen LogP contribution in [0.2, 0.25) is 5.02 Å². The fourth-order valence-electron chi connectivity index (χ4n) is 1.81. The fourth-order valence-corrected chi connectivity index (χ4v) is 1.97. The highest BCUT2D eigenvalue weighted by Gasteiger charge is 2.10. The number of halogens is 2. The van der Waals surface area contributed by atoms with Crippen LogP contribution in [0, 0.1) is 5.82 Å². The van der Waals surface area contributed by atoms with E-state index >= 15 is 0 Å². The van der Waals surface area contributed by atoms with E-state index in [-0.39, 0.29) is 5.82 Å². The number of nitrogens with one attached hydrogen (secondary N) is 1. The van der Waals surface area contributed by atoms with Gasteiger partial charge in [-0.15, -0.1) is 0 Å². The summed E-state index contributed by atoms with van der Waals surface area (Å²) in [6, 6.07) is 10.2. The van der Waals surface area contributed by atoms with Gasteiger partial charge in [0.2, 0.25) is 0 Å². The van der Waals surface area contributed by atoms with Gasteiger partial charge in [0.05, 0.1) is 22.9 Å². The van der Waals surface area contributed by atoms with Crippen LogP contribution in [0.3, 0.4) is 0 Å². The summed E-state index contributed by atoms with van der Waals surface area (Å²) in [5.74, 6) is 0.479. The Kier molecular flexibility index (Phi) is 4.22. The molecule has 0 unspecified atom stereocenters. The van der Waals surface area contributed by atoms with Crippen molar-refractivity contribution in [2.24, 2.45) is 0 Å². The van der Waals surface area contributed by atoms with Gasteiger partial charge in [0.1, 0.15) is 11.6 Å². The Bertz CT molecular complexity index is 574. The second-order valence-corrected chi connectivity index (χ2v) is 4.59. The summed E-state index contributed by atoms with van der Waals surface area (Å²) < 4.78 is 13.7. The predicted molar refractivity (Wildman–Crippen MR) is 77.3 cm³/mol. The Morgan fingerprint density at radius 3 is 2.68 bits per heavy atom. The van der Waals surface area contributed by atoms with Crippen molar-refractivity contribution in [1.29, 1.82) is 0 Å². The summed E-state index contributed by atoms with van der Waals surface area (Å²) in [7, 11) is 3.60. The summed E-state index contributed by atoms with van der Waals surface area (Å²) in [6.45, 7) is 0.440. The van der Waals surface area contributed by atoms with Crippen LogP contribution in [-0.4, -0.2) is 19.1 Å². The lowest BCUT2D eigenvalue weighted by Crippen LogP contribution is -2.19. The van der Waals surface area contributed by atoms with E-state index in [4.69, 9.17) is 11.6 Å². The second-order valence-electron chi connectivity index (χ2n) is 4.18. The maximum Gasteiger partial charge on any atom is 0.146 e. The van der Waals surface area contributed by atoms with Gasteiger partial charge in [0.25, 0.3) is 0 Å². The van der Waals surface area contributed by atoms with Crippen molar-refractivity contribution in [3.8, 4) is 0 Å². The van der Waals surface area contributed by atoms with Crippen LogP contribution in [0.15, 0.2) is 36.4 Å². The number of hydrogen-bond acceptors (Lipinski definition) is 3. The minimum Gasteiger partial charge on any atom is -0.373 e. The highest BCUT2D eigenvalue weighted by Crippen LogP contribution is 2.22. The summed E-state index contributed by atoms with van der Waals surface area (Å²) in [4.78, 5) is 6.16. The van der Waals surface area contributed by atoms with Crippen molar-refractivity contribution in [3.05, 3.63) is 52.9 Å². The highest BCUT2D eigenvalue weighted by atomic mass is 35.5. The molecule has 1 aromatic carbocycles. The summed E-state index contributed by atoms with van der Waals surface area (Å²) in [5, 5.41) is 3.53. The molecule has 0 amide bonds. The van der Waals surface area contributed by atoms with Gasteiger partial charge in [-0.3, -0.25) is 0 Å². The van der Waals surface area contributed by atoms with E-state index < -0.39 is 0 Å². The number of pyridine rings is 1. The van der Waals surface area contributed by atoms with Crippen LogP contribution in [-0.2, 0) is 6.54 Å². The molecule has 19 heavy (non-hydrogen) atoms. The Labute approximate surface area is 117 Å². The molecule has 0 bridgehead atoms. The Balaban J connectivity index is 2.24. The van der Waals surface area contributed by atoms with Crippen molar-refractivity contribution in [2.75, 3.05) is 24.3 Å². The maximum atomic E-state index is 13.7. The lowest BCUT2D eigenvalue weighted by Gasteiger charge is -2.20. The second kappa shape index (κ2) is 5.89. The molecule has 0 aliphatic heterocycles. The third-order valence-corrected chi connectivity index (χ3v) is 3.17. The third-order valence-electron chi connectivity index (χ3n) is 2.83. The maximum absolute atomic E-state index is 13.7. The molecule has 0 radical (unpaired) electrons. The molecule has 1 heterocycles. The van der Waals surface area contributed by atoms with Crippen molar-refractivity contribution >= 4 is 23.1 Å². The smallest absolute Gasteiger partial charge is 0.146 e. The number of para-hydroxylation sites is 1. The molecule has 0 atom stereocenters. The largest absolute Gasteiger partial charge is 0.373 e. The number of anilines is 2. The first-order valence-electron chi connectivity index (χ1n) is 5.90. The first-order chi connectivity index (χ1) is 9.11. The van der Waals surface area contributed by atoms with E-state index in [1.165, 1.54) is 6.07 Å². The molecule has 0 aliphatic rings. The van der Waals surface area contributed by atoms with E-state index in [1.807, 2.05) is 7.05 Å². The normalized spacial score (nSPS) is 10.3. The van der Waals surface area contributed by atoms with E-state index in [1.54, 1.807) is 42.3 Å². The van der Waals surface area contributed by atoms with Gasteiger partial charge in [-0.05, 0) is 24.3 Å². The predicted octanol–water partition coefficient (Wildman–Crippen LogP) is 3.55. The van der Waals surface area contributed by atoms with Crippen molar-refractivity contribution in [1.82, 2.24) is 4.98 Å². The van der Waals surface area contributed by atoms with Gasteiger partial charge in [-0.25, -0.2) is 9.37 Å². The van der Waals surface area contributed by atoms with E-state index in [0.717, 1.165) is 5.82 Å². The minimum absolute atomic E-state index is 0.258. The van der Waals surface area contributed by atoms with Gasteiger partial charge in [0.15, 0.2) is 0 Å². The van der Waals surface area contributed by atoms with Crippen LogP contribution < -0.4 is 10.2 Å². The summed E-state index contributed by atoms with van der Waals surface area (Å²) in [6.07, 6.45) is 0.